The average molecular weight is 366 g/mol. The molecule has 0 aromatic heterocycles. The van der Waals surface area contributed by atoms with Crippen molar-refractivity contribution in [3.8, 4) is 0 Å². The van der Waals surface area contributed by atoms with Gasteiger partial charge in [-0.15, -0.1) is 0 Å². The SMILES string of the molecule is CN=C(NCCCCN1CCN(C)CC1)N(C)Cc1ccccc1Cl. The molecule has 0 atom stereocenters. The van der Waals surface area contributed by atoms with E-state index >= 15 is 0 Å². The van der Waals surface area contributed by atoms with Crippen LogP contribution in [0.5, 0.6) is 0 Å². The molecule has 1 aromatic rings. The van der Waals surface area contributed by atoms with Gasteiger partial charge in [-0.1, -0.05) is 29.8 Å². The van der Waals surface area contributed by atoms with Gasteiger partial charge in [0, 0.05) is 58.4 Å². The first kappa shape index (κ1) is 20.0. The van der Waals surface area contributed by atoms with E-state index in [1.165, 1.54) is 39.1 Å². The van der Waals surface area contributed by atoms with Gasteiger partial charge in [-0.2, -0.15) is 0 Å². The molecule has 140 valence electrons. The van der Waals surface area contributed by atoms with Crippen LogP contribution in [0.2, 0.25) is 5.02 Å². The molecule has 25 heavy (non-hydrogen) atoms. The summed E-state index contributed by atoms with van der Waals surface area (Å²) in [5.41, 5.74) is 1.12. The molecule has 1 aromatic carbocycles. The molecular weight excluding hydrogens is 334 g/mol. The largest absolute Gasteiger partial charge is 0.356 e. The second-order valence-electron chi connectivity index (χ2n) is 6.77. The van der Waals surface area contributed by atoms with Crippen molar-refractivity contribution in [2.45, 2.75) is 19.4 Å². The highest BCUT2D eigenvalue weighted by Crippen LogP contribution is 2.16. The van der Waals surface area contributed by atoms with Gasteiger partial charge in [0.1, 0.15) is 0 Å². The topological polar surface area (TPSA) is 34.1 Å². The normalized spacial score (nSPS) is 16.9. The van der Waals surface area contributed by atoms with E-state index in [4.69, 9.17) is 11.6 Å². The van der Waals surface area contributed by atoms with Gasteiger partial charge in [0.15, 0.2) is 5.96 Å². The van der Waals surface area contributed by atoms with Crippen LogP contribution in [0.3, 0.4) is 0 Å². The van der Waals surface area contributed by atoms with Crippen LogP contribution < -0.4 is 5.32 Å². The number of hydrogen-bond donors (Lipinski definition) is 1. The van der Waals surface area contributed by atoms with Crippen molar-refractivity contribution in [2.24, 2.45) is 4.99 Å². The van der Waals surface area contributed by atoms with Crippen LogP contribution in [0.15, 0.2) is 29.3 Å². The number of halogens is 1. The Balaban J connectivity index is 1.65. The Morgan fingerprint density at radius 2 is 1.92 bits per heavy atom. The number of nitrogens with one attached hydrogen (secondary N) is 1. The van der Waals surface area contributed by atoms with Crippen molar-refractivity contribution < 1.29 is 0 Å². The molecule has 1 N–H and O–H groups in total. The Hall–Kier alpha value is -1.30. The summed E-state index contributed by atoms with van der Waals surface area (Å²) < 4.78 is 0. The molecule has 0 bridgehead atoms. The van der Waals surface area contributed by atoms with Gasteiger partial charge in [-0.05, 0) is 38.1 Å². The zero-order valence-electron chi connectivity index (χ0n) is 15.8. The van der Waals surface area contributed by atoms with Gasteiger partial charge < -0.3 is 20.0 Å². The van der Waals surface area contributed by atoms with Crippen LogP contribution >= 0.6 is 11.6 Å². The second-order valence-corrected chi connectivity index (χ2v) is 7.18. The van der Waals surface area contributed by atoms with E-state index in [0.29, 0.717) is 0 Å². The van der Waals surface area contributed by atoms with E-state index in [9.17, 15) is 0 Å². The molecule has 1 saturated heterocycles. The summed E-state index contributed by atoms with van der Waals surface area (Å²) in [6, 6.07) is 7.96. The van der Waals surface area contributed by atoms with Crippen LogP contribution in [-0.4, -0.2) is 81.1 Å². The molecule has 0 aliphatic carbocycles. The number of guanidine groups is 1. The predicted molar refractivity (Wildman–Crippen MR) is 107 cm³/mol. The zero-order valence-corrected chi connectivity index (χ0v) is 16.6. The van der Waals surface area contributed by atoms with E-state index in [1.807, 2.05) is 32.3 Å². The highest BCUT2D eigenvalue weighted by molar-refractivity contribution is 6.31. The average Bonchev–Trinajstić information content (AvgIpc) is 2.61. The number of piperazine rings is 1. The molecule has 0 radical (unpaired) electrons. The lowest BCUT2D eigenvalue weighted by Gasteiger charge is -2.32. The minimum atomic E-state index is 0.751. The third-order valence-electron chi connectivity index (χ3n) is 4.72. The fourth-order valence-corrected chi connectivity index (χ4v) is 3.27. The van der Waals surface area contributed by atoms with E-state index < -0.39 is 0 Å². The van der Waals surface area contributed by atoms with Crippen molar-refractivity contribution in [1.29, 1.82) is 0 Å². The quantitative estimate of drug-likeness (QED) is 0.457. The van der Waals surface area contributed by atoms with Crippen LogP contribution in [0, 0.1) is 0 Å². The number of likely N-dealkylation sites (N-methyl/N-ethyl adjacent to an activating group) is 1. The van der Waals surface area contributed by atoms with Crippen LogP contribution in [0.4, 0.5) is 0 Å². The molecule has 1 heterocycles. The Morgan fingerprint density at radius 3 is 2.60 bits per heavy atom. The third kappa shape index (κ3) is 6.84. The van der Waals surface area contributed by atoms with Crippen LogP contribution in [0.1, 0.15) is 18.4 Å². The maximum absolute atomic E-state index is 6.25. The lowest BCUT2D eigenvalue weighted by Crippen LogP contribution is -2.44. The first-order valence-corrected chi connectivity index (χ1v) is 9.54. The summed E-state index contributed by atoms with van der Waals surface area (Å²) in [7, 11) is 6.07. The van der Waals surface area contributed by atoms with Crippen LogP contribution in [0.25, 0.3) is 0 Å². The van der Waals surface area contributed by atoms with Crippen molar-refractivity contribution in [1.82, 2.24) is 20.0 Å². The fraction of sp³-hybridized carbons (Fsp3) is 0.632. The second kappa shape index (κ2) is 10.6. The summed E-state index contributed by atoms with van der Waals surface area (Å²) in [6.45, 7) is 7.69. The first-order chi connectivity index (χ1) is 12.1. The van der Waals surface area contributed by atoms with E-state index in [0.717, 1.165) is 36.1 Å². The smallest absolute Gasteiger partial charge is 0.193 e. The first-order valence-electron chi connectivity index (χ1n) is 9.16. The molecule has 1 aliphatic heterocycles. The molecule has 1 aliphatic rings. The Bertz CT molecular complexity index is 540. The number of benzene rings is 1. The molecule has 0 spiro atoms. The highest BCUT2D eigenvalue weighted by atomic mass is 35.5. The molecule has 0 unspecified atom stereocenters. The van der Waals surface area contributed by atoms with Crippen molar-refractivity contribution in [2.75, 3.05) is 60.4 Å². The van der Waals surface area contributed by atoms with Gasteiger partial charge in [0.25, 0.3) is 0 Å². The van der Waals surface area contributed by atoms with Crippen molar-refractivity contribution >= 4 is 17.6 Å². The lowest BCUT2D eigenvalue weighted by molar-refractivity contribution is 0.152. The highest BCUT2D eigenvalue weighted by Gasteiger charge is 2.13. The number of nitrogens with zero attached hydrogens (tertiary/aromatic N) is 4. The van der Waals surface area contributed by atoms with E-state index in [-0.39, 0.29) is 0 Å². The minimum absolute atomic E-state index is 0.751. The number of hydrogen-bond acceptors (Lipinski definition) is 3. The summed E-state index contributed by atoms with van der Waals surface area (Å²) in [5.74, 6) is 0.916. The van der Waals surface area contributed by atoms with Crippen LogP contribution in [-0.2, 0) is 6.54 Å². The van der Waals surface area contributed by atoms with Gasteiger partial charge >= 0.3 is 0 Å². The Labute approximate surface area is 157 Å². The summed E-state index contributed by atoms with van der Waals surface area (Å²) in [5, 5.41) is 4.26. The number of rotatable bonds is 7. The molecule has 1 fully saturated rings. The van der Waals surface area contributed by atoms with Gasteiger partial charge in [-0.25, -0.2) is 0 Å². The molecule has 5 nitrogen and oxygen atoms in total. The minimum Gasteiger partial charge on any atom is -0.356 e. The monoisotopic (exact) mass is 365 g/mol. The summed E-state index contributed by atoms with van der Waals surface area (Å²) >= 11 is 6.25. The number of unbranched alkanes of at least 4 members (excludes halogenated alkanes) is 1. The zero-order chi connectivity index (χ0) is 18.1. The molecule has 6 heteroatoms. The molecule has 2 rings (SSSR count). The van der Waals surface area contributed by atoms with Gasteiger partial charge in [0.2, 0.25) is 0 Å². The maximum atomic E-state index is 6.25. The number of aliphatic imine (C=N–C) groups is 1. The van der Waals surface area contributed by atoms with Crippen molar-refractivity contribution in [3.63, 3.8) is 0 Å². The predicted octanol–water partition coefficient (Wildman–Crippen LogP) is 2.37. The summed E-state index contributed by atoms with van der Waals surface area (Å²) in [6.07, 6.45) is 2.38. The van der Waals surface area contributed by atoms with Gasteiger partial charge in [0.05, 0.1) is 0 Å². The van der Waals surface area contributed by atoms with Crippen molar-refractivity contribution in [3.05, 3.63) is 34.9 Å². The Morgan fingerprint density at radius 1 is 1.20 bits per heavy atom. The van der Waals surface area contributed by atoms with Gasteiger partial charge in [-0.3, -0.25) is 4.99 Å². The molecule has 0 amide bonds. The standard InChI is InChI=1S/C19H32ClN5/c1-21-19(24(3)16-17-8-4-5-9-18(17)20)22-10-6-7-11-25-14-12-23(2)13-15-25/h4-5,8-9H,6-7,10-16H2,1-3H3,(H,21,22). The molecular formula is C19H32ClN5. The summed E-state index contributed by atoms with van der Waals surface area (Å²) in [4.78, 5) is 11.5. The lowest BCUT2D eigenvalue weighted by atomic mass is 10.2. The van der Waals surface area contributed by atoms with E-state index in [2.05, 4.69) is 38.1 Å². The Kier molecular flexibility index (Phi) is 8.52. The third-order valence-corrected chi connectivity index (χ3v) is 5.09. The fourth-order valence-electron chi connectivity index (χ4n) is 3.07. The maximum Gasteiger partial charge on any atom is 0.193 e. The van der Waals surface area contributed by atoms with E-state index in [1.54, 1.807) is 0 Å². The molecule has 0 saturated carbocycles.